The third kappa shape index (κ3) is 3.30. The molecule has 0 aromatic heterocycles. The van der Waals surface area contributed by atoms with Crippen molar-refractivity contribution in [3.05, 3.63) is 63.7 Å². The number of ether oxygens (including phenoxy) is 1. The molecule has 6 nitrogen and oxygen atoms in total. The lowest BCUT2D eigenvalue weighted by Gasteiger charge is -2.07. The van der Waals surface area contributed by atoms with E-state index < -0.39 is 28.2 Å². The fourth-order valence-corrected chi connectivity index (χ4v) is 1.59. The number of carboxylic acid groups (broad SMARTS) is 1. The molecule has 0 radical (unpaired) electrons. The van der Waals surface area contributed by atoms with Crippen LogP contribution in [0.1, 0.15) is 10.4 Å². The number of carbonyl (C=O) groups is 1. The summed E-state index contributed by atoms with van der Waals surface area (Å²) in [6, 6.07) is 5.24. The van der Waals surface area contributed by atoms with Gasteiger partial charge in [-0.15, -0.1) is 0 Å². The lowest BCUT2D eigenvalue weighted by molar-refractivity contribution is -0.385. The van der Waals surface area contributed by atoms with Crippen LogP contribution in [0.3, 0.4) is 0 Å². The Morgan fingerprint density at radius 2 is 1.76 bits per heavy atom. The molecule has 0 spiro atoms. The molecule has 0 saturated carbocycles. The molecule has 2 aromatic rings. The van der Waals surface area contributed by atoms with E-state index in [0.29, 0.717) is 6.07 Å². The predicted molar refractivity (Wildman–Crippen MR) is 66.5 cm³/mol. The molecule has 21 heavy (non-hydrogen) atoms. The van der Waals surface area contributed by atoms with Gasteiger partial charge in [0.05, 0.1) is 10.5 Å². The normalized spacial score (nSPS) is 10.2. The molecule has 2 aromatic carbocycles. The first-order valence-electron chi connectivity index (χ1n) is 5.52. The summed E-state index contributed by atoms with van der Waals surface area (Å²) in [4.78, 5) is 20.8. The van der Waals surface area contributed by atoms with Gasteiger partial charge in [-0.2, -0.15) is 0 Å². The molecule has 0 aliphatic carbocycles. The predicted octanol–water partition coefficient (Wildman–Crippen LogP) is 3.36. The van der Waals surface area contributed by atoms with E-state index in [9.17, 15) is 23.7 Å². The summed E-state index contributed by atoms with van der Waals surface area (Å²) in [5, 5.41) is 19.7. The van der Waals surface area contributed by atoms with Gasteiger partial charge in [-0.25, -0.2) is 13.6 Å². The molecule has 0 aliphatic rings. The maximum atomic E-state index is 13.0. The van der Waals surface area contributed by atoms with E-state index in [1.807, 2.05) is 0 Å². The second kappa shape index (κ2) is 5.53. The number of hydrogen-bond donors (Lipinski definition) is 1. The summed E-state index contributed by atoms with van der Waals surface area (Å²) in [5.74, 6) is -3.76. The van der Waals surface area contributed by atoms with Crippen molar-refractivity contribution in [2.45, 2.75) is 0 Å². The lowest BCUT2D eigenvalue weighted by atomic mass is 10.2. The van der Waals surface area contributed by atoms with Crippen LogP contribution in [-0.4, -0.2) is 16.0 Å². The van der Waals surface area contributed by atoms with Crippen LogP contribution in [0.2, 0.25) is 0 Å². The van der Waals surface area contributed by atoms with E-state index in [2.05, 4.69) is 0 Å². The molecule has 0 fully saturated rings. The highest BCUT2D eigenvalue weighted by molar-refractivity contribution is 5.88. The highest BCUT2D eigenvalue weighted by Crippen LogP contribution is 2.32. The minimum Gasteiger partial charge on any atom is -0.478 e. The summed E-state index contributed by atoms with van der Waals surface area (Å²) < 4.78 is 31.1. The number of nitro groups is 1. The molecule has 0 unspecified atom stereocenters. The maximum Gasteiger partial charge on any atom is 0.335 e. The van der Waals surface area contributed by atoms with Crippen molar-refractivity contribution in [3.8, 4) is 11.5 Å². The zero-order valence-electron chi connectivity index (χ0n) is 10.2. The highest BCUT2D eigenvalue weighted by atomic mass is 19.1. The minimum atomic E-state index is -1.35. The Kier molecular flexibility index (Phi) is 3.79. The third-order valence-electron chi connectivity index (χ3n) is 2.47. The van der Waals surface area contributed by atoms with E-state index in [1.54, 1.807) is 0 Å². The van der Waals surface area contributed by atoms with Crippen molar-refractivity contribution in [3.63, 3.8) is 0 Å². The molecule has 2 rings (SSSR count). The zero-order valence-corrected chi connectivity index (χ0v) is 10.2. The van der Waals surface area contributed by atoms with Gasteiger partial charge < -0.3 is 9.84 Å². The standard InChI is InChI=1S/C13H7F2NO5/c14-8-4-9(15)6-10(5-8)21-12-2-1-7(13(17)18)3-11(12)16(19)20/h1-6H,(H,17,18). The Hall–Kier alpha value is -3.03. The van der Waals surface area contributed by atoms with Gasteiger partial charge in [-0.1, -0.05) is 0 Å². The van der Waals surface area contributed by atoms with Crippen molar-refractivity contribution < 1.29 is 28.3 Å². The molecule has 8 heteroatoms. The monoisotopic (exact) mass is 295 g/mol. The smallest absolute Gasteiger partial charge is 0.335 e. The van der Waals surface area contributed by atoms with Crippen LogP contribution in [-0.2, 0) is 0 Å². The lowest BCUT2D eigenvalue weighted by Crippen LogP contribution is -2.00. The first-order chi connectivity index (χ1) is 9.86. The molecule has 0 amide bonds. The van der Waals surface area contributed by atoms with Crippen LogP contribution < -0.4 is 4.74 Å². The third-order valence-corrected chi connectivity index (χ3v) is 2.47. The Morgan fingerprint density at radius 3 is 2.29 bits per heavy atom. The van der Waals surface area contributed by atoms with Crippen molar-refractivity contribution in [2.75, 3.05) is 0 Å². The van der Waals surface area contributed by atoms with Gasteiger partial charge in [0.2, 0.25) is 5.75 Å². The largest absolute Gasteiger partial charge is 0.478 e. The number of rotatable bonds is 4. The highest BCUT2D eigenvalue weighted by Gasteiger charge is 2.19. The molecular weight excluding hydrogens is 288 g/mol. The number of nitro benzene ring substituents is 1. The summed E-state index contributed by atoms with van der Waals surface area (Å²) in [7, 11) is 0. The second-order valence-electron chi connectivity index (χ2n) is 3.95. The number of hydrogen-bond acceptors (Lipinski definition) is 4. The molecule has 108 valence electrons. The first kappa shape index (κ1) is 14.4. The molecule has 0 aliphatic heterocycles. The van der Waals surface area contributed by atoms with Crippen molar-refractivity contribution in [2.24, 2.45) is 0 Å². The molecular formula is C13H7F2NO5. The summed E-state index contributed by atoms with van der Waals surface area (Å²) in [6.45, 7) is 0. The minimum absolute atomic E-state index is 0.279. The van der Waals surface area contributed by atoms with Gasteiger partial charge in [-0.3, -0.25) is 10.1 Å². The van der Waals surface area contributed by atoms with E-state index in [-0.39, 0.29) is 17.1 Å². The van der Waals surface area contributed by atoms with E-state index >= 15 is 0 Å². The number of carboxylic acids is 1. The average Bonchev–Trinajstić information content (AvgIpc) is 2.37. The molecule has 0 heterocycles. The van der Waals surface area contributed by atoms with Gasteiger partial charge in [0.15, 0.2) is 0 Å². The number of aromatic carboxylic acids is 1. The van der Waals surface area contributed by atoms with Crippen LogP contribution in [0.25, 0.3) is 0 Å². The maximum absolute atomic E-state index is 13.0. The fraction of sp³-hybridized carbons (Fsp3) is 0. The van der Waals surface area contributed by atoms with Crippen molar-refractivity contribution in [1.29, 1.82) is 0 Å². The van der Waals surface area contributed by atoms with Gasteiger partial charge in [0.25, 0.3) is 0 Å². The van der Waals surface area contributed by atoms with Gasteiger partial charge >= 0.3 is 11.7 Å². The van der Waals surface area contributed by atoms with Crippen LogP contribution in [0.15, 0.2) is 36.4 Å². The van der Waals surface area contributed by atoms with Crippen molar-refractivity contribution in [1.82, 2.24) is 0 Å². The second-order valence-corrected chi connectivity index (χ2v) is 3.95. The van der Waals surface area contributed by atoms with Gasteiger partial charge in [-0.05, 0) is 12.1 Å². The molecule has 1 N–H and O–H groups in total. The van der Waals surface area contributed by atoms with Crippen LogP contribution >= 0.6 is 0 Å². The summed E-state index contributed by atoms with van der Waals surface area (Å²) in [6.07, 6.45) is 0. The topological polar surface area (TPSA) is 89.7 Å². The molecule has 0 saturated heterocycles. The van der Waals surface area contributed by atoms with E-state index in [0.717, 1.165) is 30.3 Å². The molecule has 0 atom stereocenters. The number of benzene rings is 2. The van der Waals surface area contributed by atoms with Crippen LogP contribution in [0.5, 0.6) is 11.5 Å². The average molecular weight is 295 g/mol. The Balaban J connectivity index is 2.43. The Bertz CT molecular complexity index is 712. The Morgan fingerprint density at radius 1 is 1.14 bits per heavy atom. The van der Waals surface area contributed by atoms with Crippen LogP contribution in [0, 0.1) is 21.7 Å². The van der Waals surface area contributed by atoms with E-state index in [1.165, 1.54) is 0 Å². The number of nitrogens with zero attached hydrogens (tertiary/aromatic N) is 1. The fourth-order valence-electron chi connectivity index (χ4n) is 1.59. The summed E-state index contributed by atoms with van der Waals surface area (Å²) >= 11 is 0. The zero-order chi connectivity index (χ0) is 15.6. The Labute approximate surface area is 116 Å². The quantitative estimate of drug-likeness (QED) is 0.690. The summed E-state index contributed by atoms with van der Waals surface area (Å²) in [5.41, 5.74) is -0.931. The van der Waals surface area contributed by atoms with Gasteiger partial charge in [0.1, 0.15) is 17.4 Å². The first-order valence-corrected chi connectivity index (χ1v) is 5.52. The molecule has 0 bridgehead atoms. The van der Waals surface area contributed by atoms with Gasteiger partial charge in [0, 0.05) is 24.3 Å². The van der Waals surface area contributed by atoms with Crippen LogP contribution in [0.4, 0.5) is 14.5 Å². The SMILES string of the molecule is O=C(O)c1ccc(Oc2cc(F)cc(F)c2)c([N+](=O)[O-])c1. The van der Waals surface area contributed by atoms with E-state index in [4.69, 9.17) is 9.84 Å². The van der Waals surface area contributed by atoms with Crippen molar-refractivity contribution >= 4 is 11.7 Å². The number of halogens is 2.